The molecule has 1 heterocycles. The number of halogens is 1. The molecule has 0 radical (unpaired) electrons. The number of hydrogen-bond acceptors (Lipinski definition) is 3. The average molecular weight is 287 g/mol. The fraction of sp³-hybridized carbons (Fsp3) is 0.545. The van der Waals surface area contributed by atoms with Gasteiger partial charge in [-0.25, -0.2) is 0 Å². The van der Waals surface area contributed by atoms with E-state index in [2.05, 4.69) is 26.6 Å². The number of carbonyl (C=O) groups excluding carboxylic acids is 1. The first kappa shape index (κ1) is 11.7. The van der Waals surface area contributed by atoms with Crippen LogP contribution in [-0.2, 0) is 11.3 Å². The highest BCUT2D eigenvalue weighted by atomic mass is 79.9. The highest BCUT2D eigenvalue weighted by Crippen LogP contribution is 2.18. The Labute approximate surface area is 103 Å². The second kappa shape index (κ2) is 5.01. The minimum atomic E-state index is -0.190. The van der Waals surface area contributed by atoms with Crippen molar-refractivity contribution >= 4 is 21.8 Å². The zero-order chi connectivity index (χ0) is 11.5. The van der Waals surface area contributed by atoms with Crippen LogP contribution in [0.5, 0.6) is 0 Å². The van der Waals surface area contributed by atoms with Gasteiger partial charge in [-0.3, -0.25) is 10.1 Å². The monoisotopic (exact) mass is 286 g/mol. The first-order chi connectivity index (χ1) is 7.65. The van der Waals surface area contributed by atoms with Crippen molar-refractivity contribution in [3.05, 3.63) is 22.6 Å². The van der Waals surface area contributed by atoms with E-state index >= 15 is 0 Å². The molecule has 2 rings (SSSR count). The Morgan fingerprint density at radius 1 is 1.62 bits per heavy atom. The Bertz CT molecular complexity index is 374. The molecular weight excluding hydrogens is 272 g/mol. The fourth-order valence-electron chi connectivity index (χ4n) is 1.35. The van der Waals surface area contributed by atoms with Crippen molar-refractivity contribution in [3.63, 3.8) is 0 Å². The SMILES string of the molecule is CC(NCc1ccc(Br)o1)C(=O)NC1CC1. The lowest BCUT2D eigenvalue weighted by Crippen LogP contribution is -2.42. The minimum Gasteiger partial charge on any atom is -0.453 e. The summed E-state index contributed by atoms with van der Waals surface area (Å²) in [6.45, 7) is 2.42. The summed E-state index contributed by atoms with van der Waals surface area (Å²) in [5.74, 6) is 0.881. The predicted octanol–water partition coefficient (Wildman–Crippen LogP) is 1.80. The maximum Gasteiger partial charge on any atom is 0.237 e. The molecule has 88 valence electrons. The van der Waals surface area contributed by atoms with Crippen LogP contribution in [0.3, 0.4) is 0 Å². The molecule has 0 saturated heterocycles. The number of rotatable bonds is 5. The number of nitrogens with one attached hydrogen (secondary N) is 2. The minimum absolute atomic E-state index is 0.0631. The molecule has 1 amide bonds. The lowest BCUT2D eigenvalue weighted by atomic mass is 10.3. The highest BCUT2D eigenvalue weighted by Gasteiger charge is 2.25. The fourth-order valence-corrected chi connectivity index (χ4v) is 1.69. The summed E-state index contributed by atoms with van der Waals surface area (Å²) in [5.41, 5.74) is 0. The van der Waals surface area contributed by atoms with Crippen LogP contribution in [-0.4, -0.2) is 18.0 Å². The molecule has 1 aromatic rings. The third-order valence-electron chi connectivity index (χ3n) is 2.53. The summed E-state index contributed by atoms with van der Waals surface area (Å²) in [7, 11) is 0. The molecule has 1 aromatic heterocycles. The van der Waals surface area contributed by atoms with Crippen molar-refractivity contribution in [1.82, 2.24) is 10.6 Å². The summed E-state index contributed by atoms with van der Waals surface area (Å²) in [6, 6.07) is 3.94. The molecule has 4 nitrogen and oxygen atoms in total. The first-order valence-electron chi connectivity index (χ1n) is 5.43. The first-order valence-corrected chi connectivity index (χ1v) is 6.22. The zero-order valence-electron chi connectivity index (χ0n) is 9.13. The second-order valence-electron chi connectivity index (χ2n) is 4.09. The van der Waals surface area contributed by atoms with Gasteiger partial charge in [-0.05, 0) is 47.8 Å². The lowest BCUT2D eigenvalue weighted by Gasteiger charge is -2.12. The van der Waals surface area contributed by atoms with Gasteiger partial charge in [0.15, 0.2) is 4.67 Å². The summed E-state index contributed by atoms with van der Waals surface area (Å²) in [5, 5.41) is 6.07. The molecular formula is C11H15BrN2O2. The van der Waals surface area contributed by atoms with E-state index in [1.807, 2.05) is 19.1 Å². The number of carbonyl (C=O) groups is 1. The van der Waals surface area contributed by atoms with Crippen LogP contribution in [0.2, 0.25) is 0 Å². The van der Waals surface area contributed by atoms with Gasteiger partial charge in [0, 0.05) is 6.04 Å². The van der Waals surface area contributed by atoms with Gasteiger partial charge in [0.2, 0.25) is 5.91 Å². The largest absolute Gasteiger partial charge is 0.453 e. The van der Waals surface area contributed by atoms with Crippen LogP contribution in [0.25, 0.3) is 0 Å². The molecule has 0 bridgehead atoms. The van der Waals surface area contributed by atoms with Crippen LogP contribution < -0.4 is 10.6 Å². The Hall–Kier alpha value is -0.810. The van der Waals surface area contributed by atoms with Crippen molar-refractivity contribution in [2.24, 2.45) is 0 Å². The summed E-state index contributed by atoms with van der Waals surface area (Å²) in [4.78, 5) is 11.6. The van der Waals surface area contributed by atoms with Gasteiger partial charge in [-0.1, -0.05) is 0 Å². The molecule has 0 spiro atoms. The Kier molecular flexibility index (Phi) is 3.66. The van der Waals surface area contributed by atoms with E-state index in [1.165, 1.54) is 0 Å². The van der Waals surface area contributed by atoms with Crippen molar-refractivity contribution in [3.8, 4) is 0 Å². The molecule has 0 aromatic carbocycles. The number of hydrogen-bond donors (Lipinski definition) is 2. The number of amides is 1. The molecule has 2 N–H and O–H groups in total. The Balaban J connectivity index is 1.73. The summed E-state index contributed by atoms with van der Waals surface area (Å²) in [6.07, 6.45) is 2.23. The van der Waals surface area contributed by atoms with Gasteiger partial charge >= 0.3 is 0 Å². The van der Waals surface area contributed by atoms with Crippen LogP contribution >= 0.6 is 15.9 Å². The Morgan fingerprint density at radius 3 is 2.94 bits per heavy atom. The van der Waals surface area contributed by atoms with Gasteiger partial charge in [-0.2, -0.15) is 0 Å². The third-order valence-corrected chi connectivity index (χ3v) is 2.95. The van der Waals surface area contributed by atoms with Gasteiger partial charge in [0.1, 0.15) is 5.76 Å². The van der Waals surface area contributed by atoms with E-state index in [0.717, 1.165) is 18.6 Å². The zero-order valence-corrected chi connectivity index (χ0v) is 10.7. The van der Waals surface area contributed by atoms with Gasteiger partial charge in [-0.15, -0.1) is 0 Å². The lowest BCUT2D eigenvalue weighted by molar-refractivity contribution is -0.122. The molecule has 5 heteroatoms. The molecule has 1 saturated carbocycles. The summed E-state index contributed by atoms with van der Waals surface area (Å²) >= 11 is 3.24. The van der Waals surface area contributed by atoms with Crippen LogP contribution in [0.4, 0.5) is 0 Å². The molecule has 16 heavy (non-hydrogen) atoms. The predicted molar refractivity (Wildman–Crippen MR) is 63.9 cm³/mol. The molecule has 1 atom stereocenters. The van der Waals surface area contributed by atoms with Crippen molar-refractivity contribution < 1.29 is 9.21 Å². The Morgan fingerprint density at radius 2 is 2.38 bits per heavy atom. The van der Waals surface area contributed by atoms with E-state index in [9.17, 15) is 4.79 Å². The van der Waals surface area contributed by atoms with Crippen LogP contribution in [0, 0.1) is 0 Å². The molecule has 1 unspecified atom stereocenters. The molecule has 1 aliphatic rings. The van der Waals surface area contributed by atoms with Gasteiger partial charge in [0.25, 0.3) is 0 Å². The van der Waals surface area contributed by atoms with E-state index in [0.29, 0.717) is 17.3 Å². The molecule has 1 fully saturated rings. The van der Waals surface area contributed by atoms with E-state index in [4.69, 9.17) is 4.42 Å². The van der Waals surface area contributed by atoms with E-state index in [-0.39, 0.29) is 11.9 Å². The molecule has 1 aliphatic carbocycles. The number of furan rings is 1. The smallest absolute Gasteiger partial charge is 0.237 e. The van der Waals surface area contributed by atoms with Crippen LogP contribution in [0.1, 0.15) is 25.5 Å². The van der Waals surface area contributed by atoms with Gasteiger partial charge in [0.05, 0.1) is 12.6 Å². The molecule has 0 aliphatic heterocycles. The van der Waals surface area contributed by atoms with Crippen molar-refractivity contribution in [1.29, 1.82) is 0 Å². The van der Waals surface area contributed by atoms with E-state index < -0.39 is 0 Å². The summed E-state index contributed by atoms with van der Waals surface area (Å²) < 4.78 is 6.04. The highest BCUT2D eigenvalue weighted by molar-refractivity contribution is 9.10. The maximum absolute atomic E-state index is 11.6. The van der Waals surface area contributed by atoms with Gasteiger partial charge < -0.3 is 9.73 Å². The maximum atomic E-state index is 11.6. The van der Waals surface area contributed by atoms with E-state index in [1.54, 1.807) is 0 Å². The topological polar surface area (TPSA) is 54.3 Å². The van der Waals surface area contributed by atoms with Crippen LogP contribution in [0.15, 0.2) is 21.2 Å². The van der Waals surface area contributed by atoms with Crippen molar-refractivity contribution in [2.75, 3.05) is 0 Å². The second-order valence-corrected chi connectivity index (χ2v) is 4.87. The van der Waals surface area contributed by atoms with Crippen molar-refractivity contribution in [2.45, 2.75) is 38.4 Å². The third kappa shape index (κ3) is 3.35. The standard InChI is InChI=1S/C11H15BrN2O2/c1-7(11(15)14-8-2-3-8)13-6-9-4-5-10(12)16-9/h4-5,7-8,13H,2-3,6H2,1H3,(H,14,15). The normalized spacial score (nSPS) is 17.1. The quantitative estimate of drug-likeness (QED) is 0.868. The average Bonchev–Trinajstić information content (AvgIpc) is 2.96.